The molecule has 1 unspecified atom stereocenters. The third-order valence-electron chi connectivity index (χ3n) is 4.20. The van der Waals surface area contributed by atoms with Crippen LogP contribution < -0.4 is 10.2 Å². The van der Waals surface area contributed by atoms with Crippen molar-refractivity contribution in [2.75, 3.05) is 10.2 Å². The maximum absolute atomic E-state index is 4.50. The van der Waals surface area contributed by atoms with Gasteiger partial charge in [0.1, 0.15) is 18.0 Å². The molecule has 5 heteroatoms. The van der Waals surface area contributed by atoms with Crippen LogP contribution in [-0.4, -0.2) is 16.0 Å². The summed E-state index contributed by atoms with van der Waals surface area (Å²) in [6, 6.07) is 18.9. The number of aromatic nitrogens is 2. The van der Waals surface area contributed by atoms with Gasteiger partial charge < -0.3 is 10.2 Å². The second-order valence-electron chi connectivity index (χ2n) is 5.95. The van der Waals surface area contributed by atoms with Crippen molar-refractivity contribution in [2.24, 2.45) is 0 Å². The lowest BCUT2D eigenvalue weighted by Gasteiger charge is -2.24. The van der Waals surface area contributed by atoms with Gasteiger partial charge in [0.15, 0.2) is 0 Å². The lowest BCUT2D eigenvalue weighted by atomic mass is 10.1. The smallest absolute Gasteiger partial charge is 0.138 e. The third-order valence-corrected chi connectivity index (χ3v) is 4.70. The molecule has 1 aliphatic rings. The van der Waals surface area contributed by atoms with E-state index in [1.54, 1.807) is 6.33 Å². The van der Waals surface area contributed by atoms with Gasteiger partial charge in [0.2, 0.25) is 0 Å². The van der Waals surface area contributed by atoms with Crippen LogP contribution in [0.5, 0.6) is 0 Å². The van der Waals surface area contributed by atoms with Crippen molar-refractivity contribution in [3.63, 3.8) is 0 Å². The Labute approximate surface area is 149 Å². The molecule has 0 bridgehead atoms. The Morgan fingerprint density at radius 1 is 1.08 bits per heavy atom. The molecule has 0 spiro atoms. The van der Waals surface area contributed by atoms with Crippen LogP contribution in [0.4, 0.5) is 23.0 Å². The normalized spacial score (nSPS) is 16.1. The van der Waals surface area contributed by atoms with Crippen LogP contribution in [0.2, 0.25) is 0 Å². The largest absolute Gasteiger partial charge is 0.340 e. The number of halogens is 1. The van der Waals surface area contributed by atoms with Crippen molar-refractivity contribution < 1.29 is 0 Å². The summed E-state index contributed by atoms with van der Waals surface area (Å²) < 4.78 is 1.03. The minimum atomic E-state index is 0.385. The molecule has 3 aromatic rings. The zero-order chi connectivity index (χ0) is 16.5. The van der Waals surface area contributed by atoms with Gasteiger partial charge in [-0.15, -0.1) is 0 Å². The number of rotatable bonds is 3. The van der Waals surface area contributed by atoms with Crippen molar-refractivity contribution in [3.05, 3.63) is 71.0 Å². The second kappa shape index (κ2) is 6.24. The highest BCUT2D eigenvalue weighted by molar-refractivity contribution is 9.10. The Hall–Kier alpha value is -2.40. The summed E-state index contributed by atoms with van der Waals surface area (Å²) in [7, 11) is 0. The SMILES string of the molecule is CC1Cc2ccccc2N1c1cc(Nc2cccc(Br)c2)ncn1. The van der Waals surface area contributed by atoms with Crippen LogP contribution in [0, 0.1) is 0 Å². The number of benzene rings is 2. The van der Waals surface area contributed by atoms with Crippen LogP contribution in [0.3, 0.4) is 0 Å². The molecule has 2 aromatic carbocycles. The Morgan fingerprint density at radius 2 is 1.96 bits per heavy atom. The van der Waals surface area contributed by atoms with Gasteiger partial charge in [-0.2, -0.15) is 0 Å². The van der Waals surface area contributed by atoms with E-state index < -0.39 is 0 Å². The number of nitrogens with one attached hydrogen (secondary N) is 1. The first kappa shape index (κ1) is 15.1. The highest BCUT2D eigenvalue weighted by Gasteiger charge is 2.27. The molecule has 0 saturated heterocycles. The van der Waals surface area contributed by atoms with Gasteiger partial charge in [0.25, 0.3) is 0 Å². The number of nitrogens with zero attached hydrogens (tertiary/aromatic N) is 3. The van der Waals surface area contributed by atoms with Crippen LogP contribution in [-0.2, 0) is 6.42 Å². The zero-order valence-corrected chi connectivity index (χ0v) is 14.9. The number of fused-ring (bicyclic) bond motifs is 1. The van der Waals surface area contributed by atoms with E-state index in [1.165, 1.54) is 11.3 Å². The predicted molar refractivity (Wildman–Crippen MR) is 101 cm³/mol. The monoisotopic (exact) mass is 380 g/mol. The number of hydrogen-bond donors (Lipinski definition) is 1. The van der Waals surface area contributed by atoms with E-state index in [9.17, 15) is 0 Å². The van der Waals surface area contributed by atoms with Gasteiger partial charge in [-0.1, -0.05) is 40.2 Å². The molecule has 1 atom stereocenters. The molecule has 24 heavy (non-hydrogen) atoms. The Kier molecular flexibility index (Phi) is 3.94. The molecular formula is C19H17BrN4. The van der Waals surface area contributed by atoms with Gasteiger partial charge in [0.05, 0.1) is 0 Å². The van der Waals surface area contributed by atoms with Crippen LogP contribution in [0.1, 0.15) is 12.5 Å². The summed E-state index contributed by atoms with van der Waals surface area (Å²) >= 11 is 3.49. The summed E-state index contributed by atoms with van der Waals surface area (Å²) in [6.07, 6.45) is 2.65. The minimum Gasteiger partial charge on any atom is -0.340 e. The molecule has 4 nitrogen and oxygen atoms in total. The minimum absolute atomic E-state index is 0.385. The predicted octanol–water partition coefficient (Wildman–Crippen LogP) is 5.07. The molecule has 1 aromatic heterocycles. The Morgan fingerprint density at radius 3 is 2.83 bits per heavy atom. The molecule has 0 fully saturated rings. The van der Waals surface area contributed by atoms with E-state index in [2.05, 4.69) is 67.3 Å². The number of anilines is 4. The average molecular weight is 381 g/mol. The summed E-state index contributed by atoms with van der Waals surface area (Å²) in [4.78, 5) is 11.1. The number of hydrogen-bond acceptors (Lipinski definition) is 4. The molecule has 0 radical (unpaired) electrons. The first-order valence-corrected chi connectivity index (χ1v) is 8.72. The van der Waals surface area contributed by atoms with E-state index >= 15 is 0 Å². The summed E-state index contributed by atoms with van der Waals surface area (Å²) in [5.41, 5.74) is 3.59. The molecule has 1 aliphatic heterocycles. The molecule has 1 N–H and O–H groups in total. The maximum atomic E-state index is 4.50. The van der Waals surface area contributed by atoms with Crippen molar-refractivity contribution >= 4 is 38.9 Å². The van der Waals surface area contributed by atoms with Gasteiger partial charge in [-0.3, -0.25) is 0 Å². The lowest BCUT2D eigenvalue weighted by molar-refractivity contribution is 0.749. The van der Waals surface area contributed by atoms with Gasteiger partial charge >= 0.3 is 0 Å². The first-order chi connectivity index (χ1) is 11.7. The zero-order valence-electron chi connectivity index (χ0n) is 13.3. The highest BCUT2D eigenvalue weighted by Crippen LogP contribution is 2.37. The summed E-state index contributed by atoms with van der Waals surface area (Å²) in [6.45, 7) is 2.23. The van der Waals surface area contributed by atoms with Crippen molar-refractivity contribution in [1.29, 1.82) is 0 Å². The Balaban J connectivity index is 1.66. The van der Waals surface area contributed by atoms with E-state index in [0.717, 1.165) is 28.2 Å². The van der Waals surface area contributed by atoms with Gasteiger partial charge in [0, 0.05) is 28.0 Å². The average Bonchev–Trinajstić information content (AvgIpc) is 2.91. The number of para-hydroxylation sites is 1. The lowest BCUT2D eigenvalue weighted by Crippen LogP contribution is -2.24. The topological polar surface area (TPSA) is 41.0 Å². The highest BCUT2D eigenvalue weighted by atomic mass is 79.9. The first-order valence-electron chi connectivity index (χ1n) is 7.92. The van der Waals surface area contributed by atoms with E-state index in [4.69, 9.17) is 0 Å². The molecule has 4 rings (SSSR count). The molecule has 0 amide bonds. The molecule has 2 heterocycles. The fraction of sp³-hybridized carbons (Fsp3) is 0.158. The van der Waals surface area contributed by atoms with Crippen LogP contribution in [0.15, 0.2) is 65.4 Å². The quantitative estimate of drug-likeness (QED) is 0.688. The van der Waals surface area contributed by atoms with Crippen LogP contribution in [0.25, 0.3) is 0 Å². The standard InChI is InChI=1S/C19H17BrN4/c1-13-9-14-5-2-3-8-17(14)24(13)19-11-18(21-12-22-19)23-16-7-4-6-15(20)10-16/h2-8,10-13H,9H2,1H3,(H,21,22,23). The summed E-state index contributed by atoms with van der Waals surface area (Å²) in [5.74, 6) is 1.70. The second-order valence-corrected chi connectivity index (χ2v) is 6.86. The molecule has 0 saturated carbocycles. The van der Waals surface area contributed by atoms with Crippen LogP contribution >= 0.6 is 15.9 Å². The van der Waals surface area contributed by atoms with E-state index in [1.807, 2.05) is 30.3 Å². The fourth-order valence-corrected chi connectivity index (χ4v) is 3.58. The Bertz CT molecular complexity index is 881. The molecule has 120 valence electrons. The molecular weight excluding hydrogens is 364 g/mol. The van der Waals surface area contributed by atoms with E-state index in [-0.39, 0.29) is 0 Å². The van der Waals surface area contributed by atoms with E-state index in [0.29, 0.717) is 6.04 Å². The van der Waals surface area contributed by atoms with Crippen molar-refractivity contribution in [2.45, 2.75) is 19.4 Å². The van der Waals surface area contributed by atoms with Crippen molar-refractivity contribution in [3.8, 4) is 0 Å². The maximum Gasteiger partial charge on any atom is 0.138 e. The van der Waals surface area contributed by atoms with Crippen molar-refractivity contribution in [1.82, 2.24) is 9.97 Å². The van der Waals surface area contributed by atoms with Gasteiger partial charge in [-0.25, -0.2) is 9.97 Å². The summed E-state index contributed by atoms with van der Waals surface area (Å²) in [5, 5.41) is 3.34. The third kappa shape index (κ3) is 2.87. The fourth-order valence-electron chi connectivity index (χ4n) is 3.18. The van der Waals surface area contributed by atoms with Gasteiger partial charge in [-0.05, 0) is 43.2 Å². The molecule has 0 aliphatic carbocycles.